The molecule has 1 saturated heterocycles. The number of nitrogens with one attached hydrogen (secondary N) is 1. The molecule has 1 atom stereocenters. The highest BCUT2D eigenvalue weighted by molar-refractivity contribution is 7.91. The number of carbonyl (C=O) groups is 2. The third-order valence-electron chi connectivity index (χ3n) is 3.48. The SMILES string of the molecule is C[C@@]1(NC(=O)COC(=O)c2ccc(O)cc2O)CCS(=O)(=O)C1. The molecular formula is C14H17NO7S. The summed E-state index contributed by atoms with van der Waals surface area (Å²) in [5.41, 5.74) is -1.06. The molecule has 1 aliphatic heterocycles. The average Bonchev–Trinajstić information content (AvgIpc) is 2.69. The number of rotatable bonds is 4. The minimum Gasteiger partial charge on any atom is -0.508 e. The molecule has 126 valence electrons. The summed E-state index contributed by atoms with van der Waals surface area (Å²) in [6.07, 6.45) is 0.299. The Kier molecular flexibility index (Phi) is 4.51. The van der Waals surface area contributed by atoms with Gasteiger partial charge >= 0.3 is 5.97 Å². The van der Waals surface area contributed by atoms with Gasteiger partial charge in [-0.3, -0.25) is 4.79 Å². The van der Waals surface area contributed by atoms with Gasteiger partial charge in [-0.25, -0.2) is 13.2 Å². The quantitative estimate of drug-likeness (QED) is 0.653. The predicted molar refractivity (Wildman–Crippen MR) is 79.9 cm³/mol. The molecule has 8 nitrogen and oxygen atoms in total. The number of hydrogen-bond donors (Lipinski definition) is 3. The van der Waals surface area contributed by atoms with Gasteiger partial charge in [-0.2, -0.15) is 0 Å². The van der Waals surface area contributed by atoms with Gasteiger partial charge in [0.2, 0.25) is 0 Å². The number of phenols is 2. The Hall–Kier alpha value is -2.29. The topological polar surface area (TPSA) is 130 Å². The van der Waals surface area contributed by atoms with E-state index in [9.17, 15) is 23.1 Å². The molecule has 2 rings (SSSR count). The van der Waals surface area contributed by atoms with Crippen molar-refractivity contribution in [1.82, 2.24) is 5.32 Å². The number of benzene rings is 1. The zero-order valence-electron chi connectivity index (χ0n) is 12.4. The lowest BCUT2D eigenvalue weighted by Crippen LogP contribution is -2.48. The molecule has 1 aliphatic rings. The second-order valence-electron chi connectivity index (χ2n) is 5.73. The number of ether oxygens (including phenoxy) is 1. The van der Waals surface area contributed by atoms with Crippen molar-refractivity contribution in [1.29, 1.82) is 0 Å². The van der Waals surface area contributed by atoms with Crippen LogP contribution in [0.5, 0.6) is 11.5 Å². The Labute approximate surface area is 133 Å². The fourth-order valence-corrected chi connectivity index (χ4v) is 4.48. The van der Waals surface area contributed by atoms with E-state index in [1.807, 2.05) is 0 Å². The van der Waals surface area contributed by atoms with Gasteiger partial charge in [-0.05, 0) is 25.5 Å². The normalized spacial score (nSPS) is 22.5. The molecule has 1 aromatic carbocycles. The number of amides is 1. The molecule has 0 bridgehead atoms. The Bertz CT molecular complexity index is 743. The molecule has 0 unspecified atom stereocenters. The molecule has 1 heterocycles. The van der Waals surface area contributed by atoms with Crippen molar-refractivity contribution < 1.29 is 33.0 Å². The van der Waals surface area contributed by atoms with Gasteiger partial charge in [-0.1, -0.05) is 0 Å². The number of sulfone groups is 1. The van der Waals surface area contributed by atoms with Gasteiger partial charge in [0.1, 0.15) is 17.1 Å². The monoisotopic (exact) mass is 343 g/mol. The van der Waals surface area contributed by atoms with Crippen LogP contribution in [0, 0.1) is 0 Å². The molecule has 1 fully saturated rings. The summed E-state index contributed by atoms with van der Waals surface area (Å²) in [6.45, 7) is 1.01. The van der Waals surface area contributed by atoms with Crippen LogP contribution < -0.4 is 5.32 Å². The van der Waals surface area contributed by atoms with E-state index in [4.69, 9.17) is 9.84 Å². The van der Waals surface area contributed by atoms with Crippen molar-refractivity contribution in [2.75, 3.05) is 18.1 Å². The number of esters is 1. The number of hydrogen-bond acceptors (Lipinski definition) is 7. The minimum atomic E-state index is -3.16. The van der Waals surface area contributed by atoms with Gasteiger partial charge < -0.3 is 20.3 Å². The summed E-state index contributed by atoms with van der Waals surface area (Å²) < 4.78 is 27.7. The second-order valence-corrected chi connectivity index (χ2v) is 7.91. The van der Waals surface area contributed by atoms with Crippen LogP contribution in [0.1, 0.15) is 23.7 Å². The van der Waals surface area contributed by atoms with Crippen LogP contribution in [0.3, 0.4) is 0 Å². The van der Waals surface area contributed by atoms with Crippen LogP contribution in [0.15, 0.2) is 18.2 Å². The van der Waals surface area contributed by atoms with Crippen molar-refractivity contribution >= 4 is 21.7 Å². The van der Waals surface area contributed by atoms with Crippen LogP contribution in [0.25, 0.3) is 0 Å². The first kappa shape index (κ1) is 17.1. The molecule has 0 radical (unpaired) electrons. The van der Waals surface area contributed by atoms with Gasteiger partial charge in [0.25, 0.3) is 5.91 Å². The zero-order chi connectivity index (χ0) is 17.3. The third-order valence-corrected chi connectivity index (χ3v) is 5.38. The van der Waals surface area contributed by atoms with Crippen molar-refractivity contribution in [2.24, 2.45) is 0 Å². The van der Waals surface area contributed by atoms with E-state index in [1.165, 1.54) is 6.07 Å². The molecule has 0 aromatic heterocycles. The highest BCUT2D eigenvalue weighted by Crippen LogP contribution is 2.24. The summed E-state index contributed by atoms with van der Waals surface area (Å²) in [4.78, 5) is 23.6. The van der Waals surface area contributed by atoms with E-state index in [1.54, 1.807) is 6.92 Å². The van der Waals surface area contributed by atoms with Gasteiger partial charge in [0.15, 0.2) is 16.4 Å². The van der Waals surface area contributed by atoms with E-state index >= 15 is 0 Å². The summed E-state index contributed by atoms with van der Waals surface area (Å²) in [6, 6.07) is 3.33. The number of phenolic OH excluding ortho intramolecular Hbond substituents is 2. The van der Waals surface area contributed by atoms with Crippen LogP contribution in [0.4, 0.5) is 0 Å². The minimum absolute atomic E-state index is 0.00491. The molecule has 0 saturated carbocycles. The third kappa shape index (κ3) is 4.35. The zero-order valence-corrected chi connectivity index (χ0v) is 13.2. The standard InChI is InChI=1S/C14H17NO7S/c1-14(4-5-23(20,21)8-14)15-12(18)7-22-13(19)10-3-2-9(16)6-11(10)17/h2-3,6,16-17H,4-5,7-8H2,1H3,(H,15,18)/t14-/m1/s1. The first-order valence-corrected chi connectivity index (χ1v) is 8.63. The van der Waals surface area contributed by atoms with E-state index in [0.717, 1.165) is 12.1 Å². The fourth-order valence-electron chi connectivity index (χ4n) is 2.38. The maximum Gasteiger partial charge on any atom is 0.342 e. The molecule has 1 aromatic rings. The Morgan fingerprint density at radius 1 is 1.35 bits per heavy atom. The van der Waals surface area contributed by atoms with Crippen LogP contribution >= 0.6 is 0 Å². The maximum absolute atomic E-state index is 11.8. The highest BCUT2D eigenvalue weighted by Gasteiger charge is 2.39. The first-order chi connectivity index (χ1) is 10.6. The molecule has 3 N–H and O–H groups in total. The van der Waals surface area contributed by atoms with Crippen molar-refractivity contribution in [2.45, 2.75) is 18.9 Å². The molecular weight excluding hydrogens is 326 g/mol. The smallest absolute Gasteiger partial charge is 0.342 e. The largest absolute Gasteiger partial charge is 0.508 e. The van der Waals surface area contributed by atoms with E-state index < -0.39 is 39.6 Å². The average molecular weight is 343 g/mol. The number of carbonyl (C=O) groups excluding carboxylic acids is 2. The van der Waals surface area contributed by atoms with E-state index in [-0.39, 0.29) is 22.8 Å². The summed E-state index contributed by atoms with van der Waals surface area (Å²) >= 11 is 0. The number of aromatic hydroxyl groups is 2. The van der Waals surface area contributed by atoms with E-state index in [2.05, 4.69) is 5.32 Å². The Morgan fingerprint density at radius 2 is 2.04 bits per heavy atom. The van der Waals surface area contributed by atoms with Crippen LogP contribution in [0.2, 0.25) is 0 Å². The Morgan fingerprint density at radius 3 is 2.61 bits per heavy atom. The highest BCUT2D eigenvalue weighted by atomic mass is 32.2. The summed E-state index contributed by atoms with van der Waals surface area (Å²) in [5.74, 6) is -2.39. The predicted octanol–water partition coefficient (Wildman–Crippen LogP) is -0.0520. The molecule has 23 heavy (non-hydrogen) atoms. The van der Waals surface area contributed by atoms with Crippen LogP contribution in [-0.2, 0) is 19.4 Å². The molecule has 0 aliphatic carbocycles. The maximum atomic E-state index is 11.8. The second kappa shape index (κ2) is 6.07. The van der Waals surface area contributed by atoms with E-state index in [0.29, 0.717) is 6.42 Å². The van der Waals surface area contributed by atoms with Gasteiger partial charge in [0, 0.05) is 6.07 Å². The first-order valence-electron chi connectivity index (χ1n) is 6.81. The molecule has 0 spiro atoms. The van der Waals surface area contributed by atoms with Gasteiger partial charge in [-0.15, -0.1) is 0 Å². The van der Waals surface area contributed by atoms with Crippen LogP contribution in [-0.4, -0.2) is 54.2 Å². The lowest BCUT2D eigenvalue weighted by atomic mass is 10.0. The van der Waals surface area contributed by atoms with Gasteiger partial charge in [0.05, 0.1) is 17.0 Å². The van der Waals surface area contributed by atoms with Crippen molar-refractivity contribution in [3.05, 3.63) is 23.8 Å². The summed E-state index contributed by atoms with van der Waals surface area (Å²) in [5, 5.41) is 21.2. The summed E-state index contributed by atoms with van der Waals surface area (Å²) in [7, 11) is -3.16. The Balaban J connectivity index is 1.90. The molecule has 1 amide bonds. The lowest BCUT2D eigenvalue weighted by Gasteiger charge is -2.23. The molecule has 9 heteroatoms. The lowest BCUT2D eigenvalue weighted by molar-refractivity contribution is -0.125. The fraction of sp³-hybridized carbons (Fsp3) is 0.429. The van der Waals surface area contributed by atoms with Crippen molar-refractivity contribution in [3.8, 4) is 11.5 Å². The van der Waals surface area contributed by atoms with Crippen molar-refractivity contribution in [3.63, 3.8) is 0 Å².